The van der Waals surface area contributed by atoms with Gasteiger partial charge in [-0.2, -0.15) is 0 Å². The molecule has 0 radical (unpaired) electrons. The standard InChI is InChI=1S/C35H51N5O7S/c1-21(2)28(40(7)34(44)31(25-14-15-25)38-30(42)19-39(5)6)18-29(47-23(4)41)33-37-27(20-48-33)32(43)36-26(16-22(3)35(45)46-8)17-24-12-10-9-11-13-24/h9-13,20-22,25-26,28-29,31H,14-19H2,1-8H3,(H,36,43)(H,38,42). The first kappa shape index (κ1) is 38.6. The number of hydrogen-bond donors (Lipinski definition) is 2. The molecule has 2 N–H and O–H groups in total. The molecule has 1 fully saturated rings. The van der Waals surface area contributed by atoms with E-state index in [9.17, 15) is 24.0 Å². The molecule has 1 heterocycles. The molecule has 0 bridgehead atoms. The lowest BCUT2D eigenvalue weighted by Crippen LogP contribution is -2.54. The number of amides is 3. The number of nitrogens with zero attached hydrogens (tertiary/aromatic N) is 3. The number of ether oxygens (including phenoxy) is 2. The number of aromatic nitrogens is 1. The molecule has 0 spiro atoms. The van der Waals surface area contributed by atoms with E-state index in [4.69, 9.17) is 9.47 Å². The Kier molecular flexibility index (Phi) is 14.5. The second kappa shape index (κ2) is 18.1. The van der Waals surface area contributed by atoms with Gasteiger partial charge < -0.3 is 29.9 Å². The predicted molar refractivity (Wildman–Crippen MR) is 183 cm³/mol. The maximum Gasteiger partial charge on any atom is 0.308 e. The van der Waals surface area contributed by atoms with Crippen LogP contribution in [0.5, 0.6) is 0 Å². The molecule has 13 heteroatoms. The summed E-state index contributed by atoms with van der Waals surface area (Å²) in [4.78, 5) is 72.3. The Labute approximate surface area is 287 Å². The smallest absolute Gasteiger partial charge is 0.308 e. The summed E-state index contributed by atoms with van der Waals surface area (Å²) in [5, 5.41) is 8.02. The molecule has 3 amide bonds. The number of carbonyl (C=O) groups is 5. The minimum Gasteiger partial charge on any atom is -0.469 e. The fourth-order valence-corrected chi connectivity index (χ4v) is 6.65. The van der Waals surface area contributed by atoms with Crippen molar-refractivity contribution in [2.45, 2.75) is 84.0 Å². The molecule has 2 aromatic rings. The average molecular weight is 686 g/mol. The van der Waals surface area contributed by atoms with Crippen molar-refractivity contribution < 1.29 is 33.4 Å². The number of hydrogen-bond acceptors (Lipinski definition) is 10. The molecule has 1 aliphatic carbocycles. The number of nitrogens with one attached hydrogen (secondary N) is 2. The highest BCUT2D eigenvalue weighted by Crippen LogP contribution is 2.35. The van der Waals surface area contributed by atoms with Gasteiger partial charge in [0, 0.05) is 37.9 Å². The monoisotopic (exact) mass is 685 g/mol. The van der Waals surface area contributed by atoms with Gasteiger partial charge in [0.25, 0.3) is 5.91 Å². The van der Waals surface area contributed by atoms with Crippen LogP contribution in [0.1, 0.15) is 80.5 Å². The highest BCUT2D eigenvalue weighted by molar-refractivity contribution is 7.09. The van der Waals surface area contributed by atoms with Gasteiger partial charge >= 0.3 is 11.9 Å². The highest BCUT2D eigenvalue weighted by atomic mass is 32.1. The van der Waals surface area contributed by atoms with Gasteiger partial charge in [-0.05, 0) is 57.2 Å². The van der Waals surface area contributed by atoms with E-state index in [-0.39, 0.29) is 60.4 Å². The molecule has 5 atom stereocenters. The third kappa shape index (κ3) is 11.7. The van der Waals surface area contributed by atoms with E-state index in [1.165, 1.54) is 25.4 Å². The zero-order chi connectivity index (χ0) is 35.5. The molecule has 5 unspecified atom stereocenters. The first-order chi connectivity index (χ1) is 22.7. The lowest BCUT2D eigenvalue weighted by molar-refractivity contribution is -0.149. The molecule has 1 aromatic carbocycles. The molecule has 0 aliphatic heterocycles. The molecule has 48 heavy (non-hydrogen) atoms. The fraction of sp³-hybridized carbons (Fsp3) is 0.600. The second-order valence-electron chi connectivity index (χ2n) is 13.3. The molecular weight excluding hydrogens is 634 g/mol. The van der Waals surface area contributed by atoms with E-state index in [1.54, 1.807) is 43.2 Å². The van der Waals surface area contributed by atoms with Crippen molar-refractivity contribution in [3.05, 3.63) is 52.0 Å². The highest BCUT2D eigenvalue weighted by Gasteiger charge is 2.41. The van der Waals surface area contributed by atoms with Crippen molar-refractivity contribution in [1.82, 2.24) is 25.4 Å². The first-order valence-electron chi connectivity index (χ1n) is 16.5. The van der Waals surface area contributed by atoms with E-state index in [0.29, 0.717) is 17.8 Å². The van der Waals surface area contributed by atoms with Crippen molar-refractivity contribution in [3.63, 3.8) is 0 Å². The minimum absolute atomic E-state index is 0.0207. The van der Waals surface area contributed by atoms with Gasteiger partial charge in [-0.3, -0.25) is 24.0 Å². The number of rotatable bonds is 18. The van der Waals surface area contributed by atoms with Crippen LogP contribution in [0.3, 0.4) is 0 Å². The summed E-state index contributed by atoms with van der Waals surface area (Å²) in [5.74, 6) is -2.04. The Hall–Kier alpha value is -3.84. The van der Waals surface area contributed by atoms with Crippen LogP contribution < -0.4 is 10.6 Å². The molecule has 264 valence electrons. The van der Waals surface area contributed by atoms with E-state index >= 15 is 0 Å². The average Bonchev–Trinajstić information content (AvgIpc) is 3.75. The Morgan fingerprint density at radius 1 is 1.00 bits per heavy atom. The van der Waals surface area contributed by atoms with Crippen LogP contribution >= 0.6 is 11.3 Å². The number of esters is 2. The summed E-state index contributed by atoms with van der Waals surface area (Å²) in [5.41, 5.74) is 1.17. The summed E-state index contributed by atoms with van der Waals surface area (Å²) in [6.07, 6.45) is 2.06. The van der Waals surface area contributed by atoms with Crippen molar-refractivity contribution >= 4 is 41.0 Å². The van der Waals surface area contributed by atoms with Gasteiger partial charge in [0.15, 0.2) is 6.10 Å². The van der Waals surface area contributed by atoms with Crippen LogP contribution in [0, 0.1) is 17.8 Å². The van der Waals surface area contributed by atoms with Gasteiger partial charge in [-0.15, -0.1) is 11.3 Å². The van der Waals surface area contributed by atoms with Gasteiger partial charge in [0.1, 0.15) is 16.7 Å². The van der Waals surface area contributed by atoms with E-state index < -0.39 is 29.9 Å². The third-order valence-electron chi connectivity index (χ3n) is 8.45. The summed E-state index contributed by atoms with van der Waals surface area (Å²) in [7, 11) is 6.65. The Morgan fingerprint density at radius 2 is 1.67 bits per heavy atom. The molecule has 12 nitrogen and oxygen atoms in total. The van der Waals surface area contributed by atoms with Crippen LogP contribution in [0.25, 0.3) is 0 Å². The minimum atomic E-state index is -0.807. The maximum atomic E-state index is 13.8. The number of benzene rings is 1. The van der Waals surface area contributed by atoms with Gasteiger partial charge in [0.2, 0.25) is 11.8 Å². The van der Waals surface area contributed by atoms with Gasteiger partial charge in [-0.1, -0.05) is 51.1 Å². The lowest BCUT2D eigenvalue weighted by Gasteiger charge is -2.35. The maximum absolute atomic E-state index is 13.8. The normalized spacial score (nSPS) is 16.0. The number of thiazole rings is 1. The third-order valence-corrected chi connectivity index (χ3v) is 9.38. The fourth-order valence-electron chi connectivity index (χ4n) is 5.81. The van der Waals surface area contributed by atoms with E-state index in [2.05, 4.69) is 15.6 Å². The zero-order valence-corrected chi connectivity index (χ0v) is 30.2. The quantitative estimate of drug-likeness (QED) is 0.225. The van der Waals surface area contributed by atoms with Gasteiger partial charge in [-0.25, -0.2) is 4.98 Å². The Balaban J connectivity index is 1.79. The van der Waals surface area contributed by atoms with Crippen molar-refractivity contribution in [1.29, 1.82) is 0 Å². The number of carbonyl (C=O) groups excluding carboxylic acids is 5. The summed E-state index contributed by atoms with van der Waals surface area (Å²) in [6.45, 7) is 7.23. The summed E-state index contributed by atoms with van der Waals surface area (Å²) in [6, 6.07) is 8.32. The predicted octanol–water partition coefficient (Wildman–Crippen LogP) is 3.62. The SMILES string of the molecule is COC(=O)C(C)CC(Cc1ccccc1)NC(=O)c1csc(C(CC(C(C)C)N(C)C(=O)C(NC(=O)CN(C)C)C2CC2)OC(C)=O)n1. The van der Waals surface area contributed by atoms with Crippen LogP contribution in [0.4, 0.5) is 0 Å². The van der Waals surface area contributed by atoms with Gasteiger partial charge in [0.05, 0.1) is 19.6 Å². The van der Waals surface area contributed by atoms with Crippen LogP contribution in [-0.4, -0.2) is 97.4 Å². The molecule has 3 rings (SSSR count). The summed E-state index contributed by atoms with van der Waals surface area (Å²) >= 11 is 1.20. The molecule has 1 saturated carbocycles. The molecular formula is C35H51N5O7S. The molecule has 1 aromatic heterocycles. The topological polar surface area (TPSA) is 147 Å². The Bertz CT molecular complexity index is 1390. The van der Waals surface area contributed by atoms with E-state index in [1.807, 2.05) is 44.2 Å². The van der Waals surface area contributed by atoms with Crippen LogP contribution in [0.15, 0.2) is 35.7 Å². The van der Waals surface area contributed by atoms with E-state index in [0.717, 1.165) is 18.4 Å². The number of likely N-dealkylation sites (N-methyl/N-ethyl adjacent to an activating group) is 2. The number of methoxy groups -OCH3 is 1. The molecule has 0 saturated heterocycles. The lowest BCUT2D eigenvalue weighted by atomic mass is 9.95. The first-order valence-corrected chi connectivity index (χ1v) is 17.3. The largest absolute Gasteiger partial charge is 0.469 e. The van der Waals surface area contributed by atoms with Crippen LogP contribution in [0.2, 0.25) is 0 Å². The molecule has 1 aliphatic rings. The zero-order valence-electron chi connectivity index (χ0n) is 29.4. The second-order valence-corrected chi connectivity index (χ2v) is 14.2. The van der Waals surface area contributed by atoms with Crippen molar-refractivity contribution in [2.75, 3.05) is 34.8 Å². The van der Waals surface area contributed by atoms with Crippen LogP contribution in [-0.2, 0) is 35.1 Å². The Morgan fingerprint density at radius 3 is 2.23 bits per heavy atom. The summed E-state index contributed by atoms with van der Waals surface area (Å²) < 4.78 is 10.6. The van der Waals surface area contributed by atoms with Crippen molar-refractivity contribution in [3.8, 4) is 0 Å². The van der Waals surface area contributed by atoms with Crippen molar-refractivity contribution in [2.24, 2.45) is 17.8 Å².